The van der Waals surface area contributed by atoms with Crippen LogP contribution < -0.4 is 10.2 Å². The number of hydrogen-bond acceptors (Lipinski definition) is 3. The van der Waals surface area contributed by atoms with Gasteiger partial charge in [0.2, 0.25) is 5.91 Å². The second-order valence-electron chi connectivity index (χ2n) is 4.20. The van der Waals surface area contributed by atoms with Gasteiger partial charge in [-0.05, 0) is 18.6 Å². The number of para-hydroxylation sites is 1. The summed E-state index contributed by atoms with van der Waals surface area (Å²) in [6, 6.07) is 4.86. The van der Waals surface area contributed by atoms with Crippen LogP contribution in [0.25, 0.3) is 0 Å². The number of nitrogens with zero attached hydrogens (tertiary/aromatic N) is 1. The van der Waals surface area contributed by atoms with Gasteiger partial charge in [-0.15, -0.1) is 0 Å². The molecule has 1 aromatic carbocycles. The zero-order valence-corrected chi connectivity index (χ0v) is 11.2. The van der Waals surface area contributed by atoms with Gasteiger partial charge in [0, 0.05) is 20.0 Å². The van der Waals surface area contributed by atoms with Crippen molar-refractivity contribution < 1.29 is 14.4 Å². The van der Waals surface area contributed by atoms with Crippen LogP contribution >= 0.6 is 11.6 Å². The van der Waals surface area contributed by atoms with Crippen molar-refractivity contribution in [3.05, 3.63) is 28.8 Å². The first kappa shape index (κ1) is 13.5. The van der Waals surface area contributed by atoms with Gasteiger partial charge in [0.1, 0.15) is 0 Å². The van der Waals surface area contributed by atoms with Crippen LogP contribution in [-0.4, -0.2) is 31.2 Å². The molecule has 19 heavy (non-hydrogen) atoms. The largest absolute Gasteiger partial charge is 0.359 e. The molecule has 0 aliphatic carbocycles. The summed E-state index contributed by atoms with van der Waals surface area (Å²) in [4.78, 5) is 36.1. The van der Waals surface area contributed by atoms with E-state index in [0.717, 1.165) is 0 Å². The number of Topliss-reactive ketones (excluding diaryl/α,β-unsaturated/α-hetero) is 1. The molecular weight excluding hydrogens is 268 g/mol. The Balaban J connectivity index is 2.17. The standard InChI is InChI=1S/C13H13ClN2O3/c1-15-10(17)6-3-7-16-11-8(12(18)13(16)19)4-2-5-9(11)14/h2,4-5H,3,6-7H2,1H3,(H,15,17). The molecule has 0 bridgehead atoms. The van der Waals surface area contributed by atoms with Crippen molar-refractivity contribution in [3.63, 3.8) is 0 Å². The summed E-state index contributed by atoms with van der Waals surface area (Å²) >= 11 is 6.04. The third-order valence-electron chi connectivity index (χ3n) is 3.01. The first-order chi connectivity index (χ1) is 9.06. The molecule has 2 rings (SSSR count). The second-order valence-corrected chi connectivity index (χ2v) is 4.61. The molecule has 0 atom stereocenters. The van der Waals surface area contributed by atoms with Crippen molar-refractivity contribution in [2.45, 2.75) is 12.8 Å². The van der Waals surface area contributed by atoms with E-state index in [1.807, 2.05) is 0 Å². The normalized spacial score (nSPS) is 13.7. The van der Waals surface area contributed by atoms with Crippen LogP contribution in [0.2, 0.25) is 5.02 Å². The van der Waals surface area contributed by atoms with Gasteiger partial charge >= 0.3 is 0 Å². The van der Waals surface area contributed by atoms with E-state index in [1.165, 1.54) is 4.90 Å². The minimum absolute atomic E-state index is 0.0997. The Morgan fingerprint density at radius 2 is 2.11 bits per heavy atom. The smallest absolute Gasteiger partial charge is 0.299 e. The quantitative estimate of drug-likeness (QED) is 0.848. The second kappa shape index (κ2) is 5.40. The van der Waals surface area contributed by atoms with Crippen molar-refractivity contribution in [3.8, 4) is 0 Å². The van der Waals surface area contributed by atoms with Crippen LogP contribution in [-0.2, 0) is 9.59 Å². The van der Waals surface area contributed by atoms with E-state index in [-0.39, 0.29) is 5.91 Å². The lowest BCUT2D eigenvalue weighted by atomic mass is 10.1. The maximum Gasteiger partial charge on any atom is 0.299 e. The molecule has 6 heteroatoms. The molecule has 100 valence electrons. The maximum atomic E-state index is 11.9. The molecule has 0 saturated carbocycles. The summed E-state index contributed by atoms with van der Waals surface area (Å²) in [7, 11) is 1.55. The molecule has 5 nitrogen and oxygen atoms in total. The topological polar surface area (TPSA) is 66.5 Å². The fraction of sp³-hybridized carbons (Fsp3) is 0.308. The SMILES string of the molecule is CNC(=O)CCCN1C(=O)C(=O)c2cccc(Cl)c21. The number of halogens is 1. The number of hydrogen-bond donors (Lipinski definition) is 1. The van der Waals surface area contributed by atoms with Crippen LogP contribution in [0.5, 0.6) is 0 Å². The predicted octanol–water partition coefficient (Wildman–Crippen LogP) is 1.40. The lowest BCUT2D eigenvalue weighted by Gasteiger charge is -2.17. The van der Waals surface area contributed by atoms with Crippen molar-refractivity contribution >= 4 is 34.9 Å². The first-order valence-electron chi connectivity index (χ1n) is 5.91. The predicted molar refractivity (Wildman–Crippen MR) is 71.4 cm³/mol. The first-order valence-corrected chi connectivity index (χ1v) is 6.29. The van der Waals surface area contributed by atoms with E-state index in [4.69, 9.17) is 11.6 Å². The highest BCUT2D eigenvalue weighted by Crippen LogP contribution is 2.35. The number of nitrogens with one attached hydrogen (secondary N) is 1. The van der Waals surface area contributed by atoms with Gasteiger partial charge in [0.05, 0.1) is 16.3 Å². The molecule has 0 saturated heterocycles. The zero-order chi connectivity index (χ0) is 14.0. The number of carbonyl (C=O) groups excluding carboxylic acids is 3. The summed E-state index contributed by atoms with van der Waals surface area (Å²) in [5.74, 6) is -1.23. The monoisotopic (exact) mass is 280 g/mol. The molecular formula is C13H13ClN2O3. The van der Waals surface area contributed by atoms with Gasteiger partial charge in [-0.25, -0.2) is 0 Å². The summed E-state index contributed by atoms with van der Waals surface area (Å²) in [5, 5.41) is 2.88. The molecule has 1 N–H and O–H groups in total. The molecule has 0 unspecified atom stereocenters. The Morgan fingerprint density at radius 3 is 2.79 bits per heavy atom. The number of ketones is 1. The van der Waals surface area contributed by atoms with Gasteiger partial charge in [0.25, 0.3) is 11.7 Å². The van der Waals surface area contributed by atoms with E-state index in [9.17, 15) is 14.4 Å². The minimum atomic E-state index is -0.583. The Morgan fingerprint density at radius 1 is 1.37 bits per heavy atom. The summed E-state index contributed by atoms with van der Waals surface area (Å²) in [6.45, 7) is 0.300. The number of benzene rings is 1. The molecule has 2 amide bonds. The Hall–Kier alpha value is -1.88. The fourth-order valence-corrected chi connectivity index (χ4v) is 2.32. The average Bonchev–Trinajstić information content (AvgIpc) is 2.65. The fourth-order valence-electron chi connectivity index (χ4n) is 2.05. The molecule has 1 aliphatic rings. The minimum Gasteiger partial charge on any atom is -0.359 e. The number of anilines is 1. The molecule has 0 spiro atoms. The lowest BCUT2D eigenvalue weighted by molar-refractivity contribution is -0.121. The van der Waals surface area contributed by atoms with E-state index >= 15 is 0 Å². The molecule has 0 aromatic heterocycles. The highest BCUT2D eigenvalue weighted by atomic mass is 35.5. The number of rotatable bonds is 4. The summed E-state index contributed by atoms with van der Waals surface area (Å²) < 4.78 is 0. The molecule has 1 heterocycles. The Labute approximate surface area is 115 Å². The van der Waals surface area contributed by atoms with E-state index in [2.05, 4.69) is 5.32 Å². The van der Waals surface area contributed by atoms with Crippen molar-refractivity contribution in [2.24, 2.45) is 0 Å². The Kier molecular flexibility index (Phi) is 3.85. The highest BCUT2D eigenvalue weighted by molar-refractivity contribution is 6.54. The maximum absolute atomic E-state index is 11.9. The number of amides is 2. The van der Waals surface area contributed by atoms with Crippen LogP contribution in [0.4, 0.5) is 5.69 Å². The van der Waals surface area contributed by atoms with E-state index in [1.54, 1.807) is 25.2 Å². The lowest BCUT2D eigenvalue weighted by Crippen LogP contribution is -2.31. The van der Waals surface area contributed by atoms with Crippen molar-refractivity contribution in [1.29, 1.82) is 0 Å². The number of carbonyl (C=O) groups is 3. The van der Waals surface area contributed by atoms with Gasteiger partial charge in [-0.3, -0.25) is 14.4 Å². The van der Waals surface area contributed by atoms with Gasteiger partial charge in [-0.1, -0.05) is 17.7 Å². The van der Waals surface area contributed by atoms with Crippen LogP contribution in [0.3, 0.4) is 0 Å². The van der Waals surface area contributed by atoms with Crippen molar-refractivity contribution in [1.82, 2.24) is 5.32 Å². The van der Waals surface area contributed by atoms with E-state index < -0.39 is 11.7 Å². The number of fused-ring (bicyclic) bond motifs is 1. The zero-order valence-electron chi connectivity index (χ0n) is 10.4. The van der Waals surface area contributed by atoms with Gasteiger partial charge in [0.15, 0.2) is 0 Å². The summed E-state index contributed by atoms with van der Waals surface area (Å²) in [5.41, 5.74) is 0.786. The van der Waals surface area contributed by atoms with Crippen molar-refractivity contribution in [2.75, 3.05) is 18.5 Å². The third-order valence-corrected chi connectivity index (χ3v) is 3.31. The molecule has 0 radical (unpaired) electrons. The average molecular weight is 281 g/mol. The van der Waals surface area contributed by atoms with Gasteiger partial charge in [-0.2, -0.15) is 0 Å². The van der Waals surface area contributed by atoms with Crippen LogP contribution in [0.15, 0.2) is 18.2 Å². The van der Waals surface area contributed by atoms with Gasteiger partial charge < -0.3 is 10.2 Å². The van der Waals surface area contributed by atoms with E-state index in [0.29, 0.717) is 35.7 Å². The third kappa shape index (κ3) is 2.46. The highest BCUT2D eigenvalue weighted by Gasteiger charge is 2.36. The van der Waals surface area contributed by atoms with Crippen LogP contribution in [0.1, 0.15) is 23.2 Å². The molecule has 0 fully saturated rings. The summed E-state index contributed by atoms with van der Waals surface area (Å²) in [6.07, 6.45) is 0.775. The molecule has 1 aliphatic heterocycles. The Bertz CT molecular complexity index is 557. The molecule has 1 aromatic rings. The van der Waals surface area contributed by atoms with Crippen LogP contribution in [0, 0.1) is 0 Å².